The van der Waals surface area contributed by atoms with Crippen LogP contribution in [0.1, 0.15) is 51.9 Å². The van der Waals surface area contributed by atoms with Crippen LogP contribution < -0.4 is 13.9 Å². The van der Waals surface area contributed by atoms with Crippen LogP contribution in [-0.4, -0.2) is 48.9 Å². The summed E-state index contributed by atoms with van der Waals surface area (Å²) in [6.07, 6.45) is 2.30. The number of ether oxygens (including phenoxy) is 1. The smallest absolute Gasteiger partial charge is 0.235 e. The third kappa shape index (κ3) is 5.41. The van der Waals surface area contributed by atoms with Crippen LogP contribution >= 0.6 is 0 Å². The standard InChI is InChI=1S/C28H31F3N4O3S/c1-17(2)34-16-28(3,4)38-27-21(30)13-19(14-24(27)34)26-22(31)15-32-25(33-26)12-18-7-8-23(20(29)11-18)35-9-5-6-10-39(35,36)37/h7-8,11,13-15,17H,5-6,9-10,12,16H2,1-4H3. The van der Waals surface area contributed by atoms with E-state index in [2.05, 4.69) is 9.97 Å². The Kier molecular flexibility index (Phi) is 6.98. The summed E-state index contributed by atoms with van der Waals surface area (Å²) >= 11 is 0. The lowest BCUT2D eigenvalue weighted by Gasteiger charge is -2.43. The number of hydrogen-bond acceptors (Lipinski definition) is 6. The van der Waals surface area contributed by atoms with Crippen LogP contribution in [0.5, 0.6) is 5.75 Å². The Morgan fingerprint density at radius 3 is 2.49 bits per heavy atom. The molecule has 0 N–H and O–H groups in total. The van der Waals surface area contributed by atoms with Gasteiger partial charge in [-0.1, -0.05) is 6.07 Å². The Bertz CT molecular complexity index is 1530. The predicted octanol–water partition coefficient (Wildman–Crippen LogP) is 5.47. The van der Waals surface area contributed by atoms with Crippen LogP contribution in [0, 0.1) is 17.5 Å². The SMILES string of the molecule is CC(C)N1CC(C)(C)Oc2c(F)cc(-c3nc(Cc4ccc(N5CCCCS5(=O)=O)c(F)c4)ncc3F)cc21. The lowest BCUT2D eigenvalue weighted by Crippen LogP contribution is -2.49. The van der Waals surface area contributed by atoms with Gasteiger partial charge in [0.15, 0.2) is 17.4 Å². The molecule has 1 fully saturated rings. The maximum atomic E-state index is 15.3. The Morgan fingerprint density at radius 2 is 1.79 bits per heavy atom. The molecule has 11 heteroatoms. The van der Waals surface area contributed by atoms with Crippen LogP contribution in [0.25, 0.3) is 11.3 Å². The quantitative estimate of drug-likeness (QED) is 0.412. The zero-order chi connectivity index (χ0) is 28.1. The van der Waals surface area contributed by atoms with E-state index in [4.69, 9.17) is 4.74 Å². The minimum atomic E-state index is -3.55. The van der Waals surface area contributed by atoms with Gasteiger partial charge in [0.25, 0.3) is 0 Å². The summed E-state index contributed by atoms with van der Waals surface area (Å²) in [6.45, 7) is 8.51. The fourth-order valence-corrected chi connectivity index (χ4v) is 6.73. The molecule has 2 aliphatic heterocycles. The normalized spacial score (nSPS) is 18.2. The number of anilines is 2. The summed E-state index contributed by atoms with van der Waals surface area (Å²) < 4.78 is 77.0. The molecule has 1 saturated heterocycles. The van der Waals surface area contributed by atoms with Gasteiger partial charge in [0.05, 0.1) is 29.9 Å². The molecule has 3 heterocycles. The van der Waals surface area contributed by atoms with Crippen molar-refractivity contribution in [3.05, 3.63) is 65.4 Å². The van der Waals surface area contributed by atoms with Gasteiger partial charge in [-0.3, -0.25) is 4.31 Å². The van der Waals surface area contributed by atoms with Crippen molar-refractivity contribution in [2.75, 3.05) is 28.0 Å². The first kappa shape index (κ1) is 27.2. The van der Waals surface area contributed by atoms with Crippen molar-refractivity contribution in [3.63, 3.8) is 0 Å². The van der Waals surface area contributed by atoms with E-state index in [-0.39, 0.29) is 53.3 Å². The van der Waals surface area contributed by atoms with Crippen LogP contribution in [0.3, 0.4) is 0 Å². The number of aromatic nitrogens is 2. The van der Waals surface area contributed by atoms with Gasteiger partial charge in [0.2, 0.25) is 10.0 Å². The molecule has 5 rings (SSSR count). The minimum Gasteiger partial charge on any atom is -0.481 e. The molecule has 2 aliphatic rings. The van der Waals surface area contributed by atoms with Crippen molar-refractivity contribution in [2.24, 2.45) is 0 Å². The molecule has 0 spiro atoms. The van der Waals surface area contributed by atoms with E-state index < -0.39 is 33.1 Å². The van der Waals surface area contributed by atoms with Gasteiger partial charge in [0.1, 0.15) is 22.9 Å². The summed E-state index contributed by atoms with van der Waals surface area (Å²) in [6, 6.07) is 7.18. The number of hydrogen-bond donors (Lipinski definition) is 0. The maximum absolute atomic E-state index is 15.3. The number of sulfonamides is 1. The van der Waals surface area contributed by atoms with Gasteiger partial charge < -0.3 is 9.64 Å². The third-order valence-corrected chi connectivity index (χ3v) is 8.80. The predicted molar refractivity (Wildman–Crippen MR) is 144 cm³/mol. The van der Waals surface area contributed by atoms with E-state index in [1.807, 2.05) is 32.6 Å². The van der Waals surface area contributed by atoms with Crippen LogP contribution in [0.2, 0.25) is 0 Å². The number of nitrogens with zero attached hydrogens (tertiary/aromatic N) is 4. The highest BCUT2D eigenvalue weighted by Gasteiger charge is 2.35. The number of halogens is 3. The van der Waals surface area contributed by atoms with Crippen molar-refractivity contribution < 1.29 is 26.3 Å². The molecule has 208 valence electrons. The Labute approximate surface area is 226 Å². The Balaban J connectivity index is 1.46. The zero-order valence-electron chi connectivity index (χ0n) is 22.3. The van der Waals surface area contributed by atoms with Gasteiger partial charge in [-0.05, 0) is 70.4 Å². The average molecular weight is 561 g/mol. The lowest BCUT2D eigenvalue weighted by molar-refractivity contribution is 0.0967. The van der Waals surface area contributed by atoms with Crippen LogP contribution in [0.15, 0.2) is 36.5 Å². The van der Waals surface area contributed by atoms with Crippen molar-refractivity contribution in [2.45, 2.75) is 58.6 Å². The van der Waals surface area contributed by atoms with Crippen molar-refractivity contribution in [3.8, 4) is 17.0 Å². The molecule has 0 bridgehead atoms. The second kappa shape index (κ2) is 10.0. The highest BCUT2D eigenvalue weighted by Crippen LogP contribution is 2.43. The van der Waals surface area contributed by atoms with Crippen LogP contribution in [0.4, 0.5) is 24.5 Å². The summed E-state index contributed by atoms with van der Waals surface area (Å²) in [7, 11) is -3.55. The molecule has 39 heavy (non-hydrogen) atoms. The van der Waals surface area contributed by atoms with Gasteiger partial charge in [0, 0.05) is 24.6 Å². The minimum absolute atomic E-state index is 0.00352. The topological polar surface area (TPSA) is 75.6 Å². The fraction of sp³-hybridized carbons (Fsp3) is 0.429. The highest BCUT2D eigenvalue weighted by atomic mass is 32.2. The highest BCUT2D eigenvalue weighted by molar-refractivity contribution is 7.92. The molecule has 3 aromatic rings. The average Bonchev–Trinajstić information content (AvgIpc) is 2.85. The molecular formula is C28H31F3N4O3S. The van der Waals surface area contributed by atoms with Crippen LogP contribution in [-0.2, 0) is 16.4 Å². The van der Waals surface area contributed by atoms with E-state index >= 15 is 4.39 Å². The third-order valence-electron chi connectivity index (χ3n) is 6.95. The maximum Gasteiger partial charge on any atom is 0.235 e. The van der Waals surface area contributed by atoms with Gasteiger partial charge in [-0.25, -0.2) is 31.6 Å². The number of benzene rings is 2. The molecule has 0 atom stereocenters. The molecule has 0 aliphatic carbocycles. The van der Waals surface area contributed by atoms with Gasteiger partial charge >= 0.3 is 0 Å². The fourth-order valence-electron chi connectivity index (χ4n) is 5.09. The number of fused-ring (bicyclic) bond motifs is 1. The molecule has 0 unspecified atom stereocenters. The van der Waals surface area contributed by atoms with Crippen molar-refractivity contribution >= 4 is 21.4 Å². The largest absolute Gasteiger partial charge is 0.481 e. The van der Waals surface area contributed by atoms with Crippen molar-refractivity contribution in [1.82, 2.24) is 9.97 Å². The molecule has 7 nitrogen and oxygen atoms in total. The Hall–Kier alpha value is -3.34. The molecule has 2 aromatic carbocycles. The first-order chi connectivity index (χ1) is 18.3. The molecule has 0 saturated carbocycles. The van der Waals surface area contributed by atoms with Crippen molar-refractivity contribution in [1.29, 1.82) is 0 Å². The van der Waals surface area contributed by atoms with Gasteiger partial charge in [-0.15, -0.1) is 0 Å². The van der Waals surface area contributed by atoms with E-state index in [1.54, 1.807) is 12.1 Å². The van der Waals surface area contributed by atoms with Gasteiger partial charge in [-0.2, -0.15) is 0 Å². The lowest BCUT2D eigenvalue weighted by atomic mass is 10.0. The molecule has 1 aromatic heterocycles. The second-order valence-electron chi connectivity index (χ2n) is 10.9. The molecule has 0 radical (unpaired) electrons. The summed E-state index contributed by atoms with van der Waals surface area (Å²) in [5.41, 5.74) is 0.565. The first-order valence-electron chi connectivity index (χ1n) is 12.9. The van der Waals surface area contributed by atoms with E-state index in [1.165, 1.54) is 18.2 Å². The van der Waals surface area contributed by atoms with E-state index in [9.17, 15) is 17.2 Å². The number of rotatable bonds is 5. The second-order valence-corrected chi connectivity index (χ2v) is 12.9. The molecule has 0 amide bonds. The van der Waals surface area contributed by atoms with E-state index in [0.29, 0.717) is 30.6 Å². The molecular weight excluding hydrogens is 529 g/mol. The monoisotopic (exact) mass is 560 g/mol. The zero-order valence-corrected chi connectivity index (χ0v) is 23.2. The summed E-state index contributed by atoms with van der Waals surface area (Å²) in [5, 5.41) is 0. The van der Waals surface area contributed by atoms with E-state index in [0.717, 1.165) is 10.5 Å². The Morgan fingerprint density at radius 1 is 1.03 bits per heavy atom. The first-order valence-corrected chi connectivity index (χ1v) is 14.6. The summed E-state index contributed by atoms with van der Waals surface area (Å²) in [5.74, 6) is -1.70. The summed E-state index contributed by atoms with van der Waals surface area (Å²) in [4.78, 5) is 10.4.